The first-order valence-electron chi connectivity index (χ1n) is 4.33. The highest BCUT2D eigenvalue weighted by atomic mass is 35.5. The number of rotatable bonds is 2. The molecule has 10 heteroatoms. The molecular weight excluding hydrogens is 342 g/mol. The van der Waals surface area contributed by atoms with Crippen LogP contribution in [0.15, 0.2) is 12.1 Å². The standard InChI is InChI=1S/C9H5Cl2F6N.ClH/c10-3-1-2-4(12)5(6(3)11)7(18)8(13,14)9(15,16)17;/h1-2,7H,18H2;1H/t7-;/m0./s1. The van der Waals surface area contributed by atoms with Crippen molar-refractivity contribution in [3.8, 4) is 0 Å². The minimum Gasteiger partial charge on any atom is -0.319 e. The molecule has 1 aromatic rings. The van der Waals surface area contributed by atoms with Gasteiger partial charge in [-0.3, -0.25) is 0 Å². The van der Waals surface area contributed by atoms with Gasteiger partial charge < -0.3 is 5.73 Å². The maximum atomic E-state index is 13.3. The summed E-state index contributed by atoms with van der Waals surface area (Å²) in [6, 6.07) is -1.46. The Morgan fingerprint density at radius 3 is 1.95 bits per heavy atom. The normalized spacial score (nSPS) is 13.9. The van der Waals surface area contributed by atoms with E-state index >= 15 is 0 Å². The van der Waals surface area contributed by atoms with Crippen molar-refractivity contribution in [2.45, 2.75) is 18.1 Å². The molecule has 0 fully saturated rings. The van der Waals surface area contributed by atoms with Crippen LogP contribution in [0.5, 0.6) is 0 Å². The molecule has 0 aromatic heterocycles. The van der Waals surface area contributed by atoms with Crippen LogP contribution in [0.1, 0.15) is 11.6 Å². The van der Waals surface area contributed by atoms with Gasteiger partial charge >= 0.3 is 12.1 Å². The molecule has 1 aromatic carbocycles. The molecule has 2 N–H and O–H groups in total. The van der Waals surface area contributed by atoms with E-state index in [2.05, 4.69) is 0 Å². The predicted octanol–water partition coefficient (Wildman–Crippen LogP) is 4.75. The summed E-state index contributed by atoms with van der Waals surface area (Å²) in [7, 11) is 0. The lowest BCUT2D eigenvalue weighted by Gasteiger charge is -2.26. The van der Waals surface area contributed by atoms with Crippen LogP contribution < -0.4 is 5.73 Å². The predicted molar refractivity (Wildman–Crippen MR) is 61.6 cm³/mol. The number of hydrogen-bond donors (Lipinski definition) is 1. The second-order valence-corrected chi connectivity index (χ2v) is 4.14. The zero-order valence-electron chi connectivity index (χ0n) is 8.74. The second kappa shape index (κ2) is 5.95. The molecule has 110 valence electrons. The molecule has 0 saturated carbocycles. The van der Waals surface area contributed by atoms with E-state index in [4.69, 9.17) is 28.9 Å². The van der Waals surface area contributed by atoms with E-state index in [0.717, 1.165) is 6.07 Å². The smallest absolute Gasteiger partial charge is 0.319 e. The lowest BCUT2D eigenvalue weighted by Crippen LogP contribution is -2.46. The van der Waals surface area contributed by atoms with E-state index in [1.165, 1.54) is 0 Å². The van der Waals surface area contributed by atoms with Crippen LogP contribution in [-0.2, 0) is 0 Å². The maximum Gasteiger partial charge on any atom is 0.455 e. The first kappa shape index (κ1) is 18.6. The topological polar surface area (TPSA) is 26.0 Å². The van der Waals surface area contributed by atoms with E-state index in [1.54, 1.807) is 0 Å². The Morgan fingerprint density at radius 1 is 1.05 bits per heavy atom. The molecule has 0 unspecified atom stereocenters. The van der Waals surface area contributed by atoms with E-state index < -0.39 is 34.5 Å². The summed E-state index contributed by atoms with van der Waals surface area (Å²) in [5, 5.41) is -1.14. The third-order valence-electron chi connectivity index (χ3n) is 2.16. The number of nitrogens with two attached hydrogens (primary N) is 1. The summed E-state index contributed by atoms with van der Waals surface area (Å²) >= 11 is 10.8. The minimum atomic E-state index is -5.93. The lowest BCUT2D eigenvalue weighted by molar-refractivity contribution is -0.291. The molecule has 1 rings (SSSR count). The van der Waals surface area contributed by atoms with Gasteiger partial charge in [0.15, 0.2) is 0 Å². The average Bonchev–Trinajstić information content (AvgIpc) is 2.22. The highest BCUT2D eigenvalue weighted by Crippen LogP contribution is 2.46. The largest absolute Gasteiger partial charge is 0.455 e. The summed E-state index contributed by atoms with van der Waals surface area (Å²) in [6.07, 6.45) is -5.93. The Kier molecular flexibility index (Phi) is 5.83. The van der Waals surface area contributed by atoms with Crippen LogP contribution in [0.3, 0.4) is 0 Å². The number of benzene rings is 1. The first-order valence-corrected chi connectivity index (χ1v) is 5.09. The summed E-state index contributed by atoms with van der Waals surface area (Å²) < 4.78 is 75.6. The van der Waals surface area contributed by atoms with Crippen molar-refractivity contribution in [3.63, 3.8) is 0 Å². The molecule has 0 aliphatic heterocycles. The van der Waals surface area contributed by atoms with Crippen molar-refractivity contribution in [3.05, 3.63) is 33.6 Å². The van der Waals surface area contributed by atoms with Crippen LogP contribution in [0.2, 0.25) is 10.0 Å². The van der Waals surface area contributed by atoms with Crippen molar-refractivity contribution >= 4 is 35.6 Å². The van der Waals surface area contributed by atoms with Gasteiger partial charge in [0.05, 0.1) is 10.0 Å². The van der Waals surface area contributed by atoms with Gasteiger partial charge in [-0.2, -0.15) is 22.0 Å². The van der Waals surface area contributed by atoms with Gasteiger partial charge in [0, 0.05) is 5.56 Å². The van der Waals surface area contributed by atoms with Crippen molar-refractivity contribution in [1.82, 2.24) is 0 Å². The van der Waals surface area contributed by atoms with Crippen molar-refractivity contribution in [2.75, 3.05) is 0 Å². The fraction of sp³-hybridized carbons (Fsp3) is 0.333. The Morgan fingerprint density at radius 2 is 1.53 bits per heavy atom. The molecule has 0 spiro atoms. The number of alkyl halides is 5. The van der Waals surface area contributed by atoms with Gasteiger partial charge in [0.25, 0.3) is 0 Å². The van der Waals surface area contributed by atoms with Gasteiger partial charge in [0.2, 0.25) is 0 Å². The molecular formula is C9H6Cl3F6N. The van der Waals surface area contributed by atoms with E-state index in [9.17, 15) is 26.3 Å². The molecule has 1 atom stereocenters. The molecule has 0 aliphatic rings. The minimum absolute atomic E-state index is 0. The second-order valence-electron chi connectivity index (χ2n) is 3.36. The van der Waals surface area contributed by atoms with Crippen LogP contribution in [0.25, 0.3) is 0 Å². The van der Waals surface area contributed by atoms with Crippen LogP contribution in [0, 0.1) is 5.82 Å². The van der Waals surface area contributed by atoms with Gasteiger partial charge in [-0.05, 0) is 12.1 Å². The molecule has 0 amide bonds. The highest BCUT2D eigenvalue weighted by molar-refractivity contribution is 6.42. The van der Waals surface area contributed by atoms with Gasteiger partial charge in [-0.1, -0.05) is 23.2 Å². The van der Waals surface area contributed by atoms with Crippen molar-refractivity contribution in [1.29, 1.82) is 0 Å². The van der Waals surface area contributed by atoms with Crippen molar-refractivity contribution in [2.24, 2.45) is 5.73 Å². The SMILES string of the molecule is Cl.N[C@@H](c1c(F)ccc(Cl)c1Cl)C(F)(F)C(F)(F)F. The number of halogens is 9. The van der Waals surface area contributed by atoms with Crippen molar-refractivity contribution < 1.29 is 26.3 Å². The fourth-order valence-electron chi connectivity index (χ4n) is 1.19. The summed E-state index contributed by atoms with van der Waals surface area (Å²) in [5.74, 6) is -6.72. The summed E-state index contributed by atoms with van der Waals surface area (Å²) in [5.41, 5.74) is 3.60. The van der Waals surface area contributed by atoms with Gasteiger partial charge in [-0.25, -0.2) is 4.39 Å². The highest BCUT2D eigenvalue weighted by Gasteiger charge is 2.62. The Bertz CT molecular complexity index is 462. The maximum absolute atomic E-state index is 13.3. The monoisotopic (exact) mass is 347 g/mol. The number of hydrogen-bond acceptors (Lipinski definition) is 1. The molecule has 1 nitrogen and oxygen atoms in total. The zero-order chi connectivity index (χ0) is 14.3. The quantitative estimate of drug-likeness (QED) is 0.606. The van der Waals surface area contributed by atoms with Gasteiger partial charge in [0.1, 0.15) is 11.9 Å². The Balaban J connectivity index is 0.00000324. The Hall–Kier alpha value is -0.370. The van der Waals surface area contributed by atoms with Crippen LogP contribution in [-0.4, -0.2) is 12.1 Å². The first-order chi connectivity index (χ1) is 8.00. The van der Waals surface area contributed by atoms with Crippen LogP contribution in [0.4, 0.5) is 26.3 Å². The molecule has 19 heavy (non-hydrogen) atoms. The fourth-order valence-corrected chi connectivity index (χ4v) is 1.62. The van der Waals surface area contributed by atoms with E-state index in [-0.39, 0.29) is 17.4 Å². The zero-order valence-corrected chi connectivity index (χ0v) is 11.1. The third kappa shape index (κ3) is 3.39. The molecule has 0 bridgehead atoms. The summed E-state index contributed by atoms with van der Waals surface area (Å²) in [4.78, 5) is 0. The summed E-state index contributed by atoms with van der Waals surface area (Å²) in [6.45, 7) is 0. The molecule has 0 heterocycles. The molecule has 0 aliphatic carbocycles. The lowest BCUT2D eigenvalue weighted by atomic mass is 10.0. The van der Waals surface area contributed by atoms with Crippen LogP contribution >= 0.6 is 35.6 Å². The molecule has 0 radical (unpaired) electrons. The Labute approximate surface area is 120 Å². The average molecular weight is 349 g/mol. The van der Waals surface area contributed by atoms with Gasteiger partial charge in [-0.15, -0.1) is 12.4 Å². The van der Waals surface area contributed by atoms with E-state index in [1.807, 2.05) is 0 Å². The molecule has 0 saturated heterocycles. The third-order valence-corrected chi connectivity index (χ3v) is 2.98. The van der Waals surface area contributed by atoms with E-state index in [0.29, 0.717) is 6.07 Å².